The summed E-state index contributed by atoms with van der Waals surface area (Å²) in [4.78, 5) is 2.77. The molecule has 2 fully saturated rings. The summed E-state index contributed by atoms with van der Waals surface area (Å²) in [6.45, 7) is 11.9. The summed E-state index contributed by atoms with van der Waals surface area (Å²) in [6, 6.07) is 1.48. The molecule has 1 aliphatic heterocycles. The van der Waals surface area contributed by atoms with E-state index >= 15 is 0 Å². The summed E-state index contributed by atoms with van der Waals surface area (Å²) in [5, 5.41) is 3.79. The van der Waals surface area contributed by atoms with Crippen molar-refractivity contribution in [1.29, 1.82) is 0 Å². The van der Waals surface area contributed by atoms with Crippen LogP contribution in [-0.2, 0) is 0 Å². The van der Waals surface area contributed by atoms with Crippen LogP contribution in [0.4, 0.5) is 0 Å². The molecule has 2 aliphatic rings. The van der Waals surface area contributed by atoms with Gasteiger partial charge in [0.05, 0.1) is 0 Å². The third-order valence-electron chi connectivity index (χ3n) is 5.11. The molecule has 2 unspecified atom stereocenters. The Bertz CT molecular complexity index is 243. The van der Waals surface area contributed by atoms with Gasteiger partial charge in [0, 0.05) is 30.7 Å². The molecule has 100 valence electrons. The second kappa shape index (κ2) is 5.27. The van der Waals surface area contributed by atoms with Crippen LogP contribution in [0.25, 0.3) is 0 Å². The highest BCUT2D eigenvalue weighted by atomic mass is 15.3. The Kier molecular flexibility index (Phi) is 4.14. The molecule has 0 aromatic carbocycles. The smallest absolute Gasteiger partial charge is 0.0304 e. The van der Waals surface area contributed by atoms with E-state index in [0.29, 0.717) is 11.6 Å². The van der Waals surface area contributed by atoms with Gasteiger partial charge in [-0.15, -0.1) is 0 Å². The number of nitrogens with one attached hydrogen (secondary N) is 1. The first kappa shape index (κ1) is 13.4. The normalized spacial score (nSPS) is 31.4. The first-order valence-electron chi connectivity index (χ1n) is 7.61. The second-order valence-electron chi connectivity index (χ2n) is 6.42. The van der Waals surface area contributed by atoms with E-state index in [4.69, 9.17) is 0 Å². The summed E-state index contributed by atoms with van der Waals surface area (Å²) < 4.78 is 0. The van der Waals surface area contributed by atoms with Crippen molar-refractivity contribution >= 4 is 0 Å². The summed E-state index contributed by atoms with van der Waals surface area (Å²) in [5.74, 6) is 1.05. The number of piperazine rings is 1. The Morgan fingerprint density at radius 3 is 2.47 bits per heavy atom. The summed E-state index contributed by atoms with van der Waals surface area (Å²) in [5.41, 5.74) is 0.379. The highest BCUT2D eigenvalue weighted by Gasteiger charge is 2.38. The van der Waals surface area contributed by atoms with E-state index in [9.17, 15) is 0 Å². The van der Waals surface area contributed by atoms with Crippen LogP contribution in [0, 0.1) is 5.92 Å². The number of hydrogen-bond donors (Lipinski definition) is 1. The van der Waals surface area contributed by atoms with Crippen LogP contribution >= 0.6 is 0 Å². The molecule has 0 amide bonds. The van der Waals surface area contributed by atoms with E-state index < -0.39 is 0 Å². The van der Waals surface area contributed by atoms with Crippen LogP contribution in [0.1, 0.15) is 59.8 Å². The number of rotatable bonds is 5. The van der Waals surface area contributed by atoms with Crippen molar-refractivity contribution < 1.29 is 0 Å². The van der Waals surface area contributed by atoms with Crippen molar-refractivity contribution in [3.8, 4) is 0 Å². The van der Waals surface area contributed by atoms with Crippen molar-refractivity contribution in [2.75, 3.05) is 13.1 Å². The van der Waals surface area contributed by atoms with Crippen molar-refractivity contribution in [2.24, 2.45) is 5.92 Å². The molecule has 1 heterocycles. The summed E-state index contributed by atoms with van der Waals surface area (Å²) in [6.07, 6.45) is 6.90. The fourth-order valence-electron chi connectivity index (χ4n) is 3.33. The minimum atomic E-state index is 0.379. The molecule has 2 atom stereocenters. The van der Waals surface area contributed by atoms with Crippen LogP contribution in [0.15, 0.2) is 0 Å². The van der Waals surface area contributed by atoms with Crippen LogP contribution in [0.2, 0.25) is 0 Å². The van der Waals surface area contributed by atoms with Gasteiger partial charge in [-0.2, -0.15) is 0 Å². The third-order valence-corrected chi connectivity index (χ3v) is 5.11. The SMILES string of the molecule is CCC1(CC)CN(C(C)CC2CC2)C(C)CN1. The molecule has 2 heteroatoms. The van der Waals surface area contributed by atoms with Gasteiger partial charge in [-0.05, 0) is 39.0 Å². The van der Waals surface area contributed by atoms with Gasteiger partial charge in [0.15, 0.2) is 0 Å². The van der Waals surface area contributed by atoms with Crippen LogP contribution in [0.3, 0.4) is 0 Å². The predicted octanol–water partition coefficient (Wildman–Crippen LogP) is 3.03. The first-order valence-corrected chi connectivity index (χ1v) is 7.61. The molecule has 0 spiro atoms. The molecule has 0 bridgehead atoms. The maximum Gasteiger partial charge on any atom is 0.0304 e. The van der Waals surface area contributed by atoms with Crippen molar-refractivity contribution in [2.45, 2.75) is 77.4 Å². The Morgan fingerprint density at radius 1 is 1.29 bits per heavy atom. The van der Waals surface area contributed by atoms with Crippen LogP contribution in [0.5, 0.6) is 0 Å². The van der Waals surface area contributed by atoms with E-state index in [1.807, 2.05) is 0 Å². The van der Waals surface area contributed by atoms with Gasteiger partial charge in [0.25, 0.3) is 0 Å². The van der Waals surface area contributed by atoms with Crippen LogP contribution < -0.4 is 5.32 Å². The third kappa shape index (κ3) is 3.03. The zero-order chi connectivity index (χ0) is 12.5. The fraction of sp³-hybridized carbons (Fsp3) is 1.00. The lowest BCUT2D eigenvalue weighted by Gasteiger charge is -2.49. The van der Waals surface area contributed by atoms with Gasteiger partial charge in [0.1, 0.15) is 0 Å². The Labute approximate surface area is 107 Å². The van der Waals surface area contributed by atoms with E-state index in [1.165, 1.54) is 38.6 Å². The lowest BCUT2D eigenvalue weighted by Crippen LogP contribution is -2.64. The molecule has 17 heavy (non-hydrogen) atoms. The number of nitrogens with zero attached hydrogens (tertiary/aromatic N) is 1. The van der Waals surface area contributed by atoms with E-state index in [-0.39, 0.29) is 0 Å². The average molecular weight is 238 g/mol. The lowest BCUT2D eigenvalue weighted by atomic mass is 9.87. The monoisotopic (exact) mass is 238 g/mol. The highest BCUT2D eigenvalue weighted by Crippen LogP contribution is 2.36. The zero-order valence-electron chi connectivity index (χ0n) is 12.1. The molecule has 1 aliphatic carbocycles. The molecule has 2 nitrogen and oxygen atoms in total. The maximum absolute atomic E-state index is 3.79. The lowest BCUT2D eigenvalue weighted by molar-refractivity contribution is 0.0453. The molecule has 0 radical (unpaired) electrons. The van der Waals surface area contributed by atoms with Gasteiger partial charge in [0.2, 0.25) is 0 Å². The molecular weight excluding hydrogens is 208 g/mol. The Morgan fingerprint density at radius 2 is 1.94 bits per heavy atom. The van der Waals surface area contributed by atoms with Crippen LogP contribution in [-0.4, -0.2) is 35.6 Å². The quantitative estimate of drug-likeness (QED) is 0.792. The zero-order valence-corrected chi connectivity index (χ0v) is 12.1. The van der Waals surface area contributed by atoms with E-state index in [1.54, 1.807) is 0 Å². The molecule has 1 saturated carbocycles. The number of hydrogen-bond acceptors (Lipinski definition) is 2. The van der Waals surface area contributed by atoms with Crippen molar-refractivity contribution in [1.82, 2.24) is 10.2 Å². The van der Waals surface area contributed by atoms with Gasteiger partial charge < -0.3 is 5.32 Å². The largest absolute Gasteiger partial charge is 0.308 e. The van der Waals surface area contributed by atoms with E-state index in [0.717, 1.165) is 18.5 Å². The Balaban J connectivity index is 1.97. The molecule has 0 aromatic rings. The van der Waals surface area contributed by atoms with E-state index in [2.05, 4.69) is 37.9 Å². The molecule has 2 rings (SSSR count). The molecule has 1 saturated heterocycles. The second-order valence-corrected chi connectivity index (χ2v) is 6.42. The average Bonchev–Trinajstić information content (AvgIpc) is 3.14. The predicted molar refractivity (Wildman–Crippen MR) is 74.3 cm³/mol. The molecule has 0 aromatic heterocycles. The highest BCUT2D eigenvalue weighted by molar-refractivity contribution is 4.97. The van der Waals surface area contributed by atoms with Gasteiger partial charge in [-0.1, -0.05) is 26.7 Å². The topological polar surface area (TPSA) is 15.3 Å². The maximum atomic E-state index is 3.79. The standard InChI is InChI=1S/C15H30N2/c1-5-15(6-2)11-17(13(4)10-16-15)12(3)9-14-7-8-14/h12-14,16H,5-11H2,1-4H3. The first-order chi connectivity index (χ1) is 8.10. The van der Waals surface area contributed by atoms with Gasteiger partial charge in [-0.25, -0.2) is 0 Å². The molecule has 1 N–H and O–H groups in total. The summed E-state index contributed by atoms with van der Waals surface area (Å²) in [7, 11) is 0. The van der Waals surface area contributed by atoms with Crippen molar-refractivity contribution in [3.05, 3.63) is 0 Å². The minimum Gasteiger partial charge on any atom is -0.308 e. The fourth-order valence-corrected chi connectivity index (χ4v) is 3.33. The minimum absolute atomic E-state index is 0.379. The Hall–Kier alpha value is -0.0800. The molecular formula is C15H30N2. The summed E-state index contributed by atoms with van der Waals surface area (Å²) >= 11 is 0. The van der Waals surface area contributed by atoms with Crippen molar-refractivity contribution in [3.63, 3.8) is 0 Å². The van der Waals surface area contributed by atoms with Gasteiger partial charge >= 0.3 is 0 Å². The van der Waals surface area contributed by atoms with Gasteiger partial charge in [-0.3, -0.25) is 4.90 Å².